The second-order valence-corrected chi connectivity index (χ2v) is 13.5. The third-order valence-corrected chi connectivity index (χ3v) is 9.42. The highest BCUT2D eigenvalue weighted by Crippen LogP contribution is 2.27. The molecule has 0 heterocycles. The van der Waals surface area contributed by atoms with Gasteiger partial charge in [-0.1, -0.05) is 46.9 Å². The Kier molecular flexibility index (Phi) is 8.96. The largest absolute Gasteiger partial charge is 0.325 e. The minimum Gasteiger partial charge on any atom is -0.325 e. The summed E-state index contributed by atoms with van der Waals surface area (Å²) >= 11 is 17.8. The van der Waals surface area contributed by atoms with Gasteiger partial charge >= 0.3 is 0 Å². The number of carbonyl (C=O) groups is 1. The van der Waals surface area contributed by atoms with Crippen LogP contribution in [0.4, 0.5) is 17.1 Å². The first-order valence-electron chi connectivity index (χ1n) is 11.6. The van der Waals surface area contributed by atoms with Crippen LogP contribution in [-0.2, 0) is 24.8 Å². The van der Waals surface area contributed by atoms with Crippen molar-refractivity contribution >= 4 is 77.8 Å². The number of halogens is 3. The van der Waals surface area contributed by atoms with Gasteiger partial charge in [-0.2, -0.15) is 0 Å². The molecule has 0 aliphatic carbocycles. The maximum atomic E-state index is 13.5. The number of hydrogen-bond acceptors (Lipinski definition) is 5. The zero-order chi connectivity index (χ0) is 29.1. The smallest absolute Gasteiger partial charge is 0.264 e. The van der Waals surface area contributed by atoms with Gasteiger partial charge in [0.05, 0.1) is 21.2 Å². The zero-order valence-corrected chi connectivity index (χ0v) is 24.7. The van der Waals surface area contributed by atoms with Gasteiger partial charge in [-0.15, -0.1) is 0 Å². The van der Waals surface area contributed by atoms with Gasteiger partial charge in [0.1, 0.15) is 6.54 Å². The van der Waals surface area contributed by atoms with Crippen LogP contribution in [0.25, 0.3) is 0 Å². The molecule has 40 heavy (non-hydrogen) atoms. The lowest BCUT2D eigenvalue weighted by Gasteiger charge is -2.24. The van der Waals surface area contributed by atoms with E-state index in [9.17, 15) is 21.6 Å². The van der Waals surface area contributed by atoms with Crippen molar-refractivity contribution in [3.05, 3.63) is 112 Å². The van der Waals surface area contributed by atoms with Crippen LogP contribution in [0.2, 0.25) is 15.1 Å². The van der Waals surface area contributed by atoms with Gasteiger partial charge in [0.15, 0.2) is 0 Å². The molecule has 1 amide bonds. The molecular formula is C27H22Cl3N3O5S2. The molecule has 0 bridgehead atoms. The predicted octanol–water partition coefficient (Wildman–Crippen LogP) is 6.59. The molecule has 0 unspecified atom stereocenters. The van der Waals surface area contributed by atoms with Gasteiger partial charge in [-0.3, -0.25) is 13.8 Å². The normalized spacial score (nSPS) is 11.6. The van der Waals surface area contributed by atoms with Gasteiger partial charge in [-0.05, 0) is 91.3 Å². The summed E-state index contributed by atoms with van der Waals surface area (Å²) < 4.78 is 56.0. The van der Waals surface area contributed by atoms with E-state index in [1.165, 1.54) is 66.7 Å². The molecule has 208 valence electrons. The molecule has 4 aromatic carbocycles. The molecule has 0 saturated carbocycles. The van der Waals surface area contributed by atoms with E-state index >= 15 is 0 Å². The van der Waals surface area contributed by atoms with Crippen molar-refractivity contribution in [2.24, 2.45) is 0 Å². The lowest BCUT2D eigenvalue weighted by atomic mass is 10.2. The topological polar surface area (TPSA) is 113 Å². The molecule has 0 aliphatic rings. The average Bonchev–Trinajstić information content (AvgIpc) is 2.87. The number of carbonyl (C=O) groups excluding carboxylic acids is 1. The molecule has 0 atom stereocenters. The summed E-state index contributed by atoms with van der Waals surface area (Å²) in [6.45, 7) is 1.27. The Morgan fingerprint density at radius 1 is 0.725 bits per heavy atom. The number of aryl methyl sites for hydroxylation is 1. The fraction of sp³-hybridized carbons (Fsp3) is 0.0741. The second kappa shape index (κ2) is 12.1. The Hall–Kier alpha value is -3.28. The predicted molar refractivity (Wildman–Crippen MR) is 160 cm³/mol. The van der Waals surface area contributed by atoms with Crippen molar-refractivity contribution in [3.63, 3.8) is 0 Å². The summed E-state index contributed by atoms with van der Waals surface area (Å²) in [5, 5.41) is 3.52. The molecule has 0 radical (unpaired) electrons. The van der Waals surface area contributed by atoms with E-state index in [-0.39, 0.29) is 31.2 Å². The summed E-state index contributed by atoms with van der Waals surface area (Å²) in [4.78, 5) is 12.9. The summed E-state index contributed by atoms with van der Waals surface area (Å²) in [5.41, 5.74) is 1.56. The lowest BCUT2D eigenvalue weighted by Crippen LogP contribution is -2.38. The summed E-state index contributed by atoms with van der Waals surface area (Å²) in [6, 6.07) is 22.1. The molecule has 0 aromatic heterocycles. The lowest BCUT2D eigenvalue weighted by molar-refractivity contribution is -0.114. The number of anilines is 3. The molecule has 13 heteroatoms. The van der Waals surface area contributed by atoms with Crippen LogP contribution in [0, 0.1) is 6.92 Å². The van der Waals surface area contributed by atoms with E-state index in [0.717, 1.165) is 9.87 Å². The number of benzene rings is 4. The fourth-order valence-corrected chi connectivity index (χ4v) is 6.81. The van der Waals surface area contributed by atoms with Crippen molar-refractivity contribution < 1.29 is 21.6 Å². The van der Waals surface area contributed by atoms with E-state index in [1.54, 1.807) is 18.2 Å². The molecular weight excluding hydrogens is 617 g/mol. The van der Waals surface area contributed by atoms with Crippen molar-refractivity contribution in [1.29, 1.82) is 0 Å². The van der Waals surface area contributed by atoms with E-state index in [0.29, 0.717) is 10.7 Å². The Labute approximate surface area is 247 Å². The Morgan fingerprint density at radius 2 is 1.32 bits per heavy atom. The van der Waals surface area contributed by atoms with Crippen molar-refractivity contribution in [2.45, 2.75) is 16.7 Å². The quantitative estimate of drug-likeness (QED) is 0.215. The highest BCUT2D eigenvalue weighted by Gasteiger charge is 2.27. The average molecular weight is 639 g/mol. The SMILES string of the molecule is Cc1cccc(N(CC(=O)Nc2ccc(S(=O)(=O)Nc3cc(Cl)cc(Cl)c3)cc2)S(=O)(=O)c2ccc(Cl)cc2)c1. The number of amides is 1. The fourth-order valence-electron chi connectivity index (χ4n) is 3.71. The molecule has 4 rings (SSSR count). The zero-order valence-electron chi connectivity index (χ0n) is 20.8. The van der Waals surface area contributed by atoms with Crippen LogP contribution >= 0.6 is 34.8 Å². The number of sulfonamides is 2. The minimum atomic E-state index is -4.13. The molecule has 0 spiro atoms. The number of rotatable bonds is 9. The van der Waals surface area contributed by atoms with E-state index in [2.05, 4.69) is 10.0 Å². The highest BCUT2D eigenvalue weighted by atomic mass is 35.5. The number of nitrogens with zero attached hydrogens (tertiary/aromatic N) is 1. The molecule has 4 aromatic rings. The first-order chi connectivity index (χ1) is 18.8. The minimum absolute atomic E-state index is 0.0331. The van der Waals surface area contributed by atoms with Gasteiger partial charge in [-0.25, -0.2) is 16.8 Å². The first kappa shape index (κ1) is 29.7. The number of hydrogen-bond donors (Lipinski definition) is 2. The van der Waals surface area contributed by atoms with Gasteiger partial charge in [0, 0.05) is 20.8 Å². The summed E-state index contributed by atoms with van der Waals surface area (Å²) in [7, 11) is -8.11. The first-order valence-corrected chi connectivity index (χ1v) is 15.6. The maximum Gasteiger partial charge on any atom is 0.264 e. The van der Waals surface area contributed by atoms with Crippen LogP contribution in [0.15, 0.2) is 101 Å². The van der Waals surface area contributed by atoms with Crippen LogP contribution in [0.3, 0.4) is 0 Å². The Balaban J connectivity index is 1.53. The molecule has 0 fully saturated rings. The van der Waals surface area contributed by atoms with Crippen molar-refractivity contribution in [3.8, 4) is 0 Å². The second-order valence-electron chi connectivity index (χ2n) is 8.64. The van der Waals surface area contributed by atoms with E-state index in [4.69, 9.17) is 34.8 Å². The molecule has 8 nitrogen and oxygen atoms in total. The summed E-state index contributed by atoms with van der Waals surface area (Å²) in [6.07, 6.45) is 0. The summed E-state index contributed by atoms with van der Waals surface area (Å²) in [5.74, 6) is -0.638. The molecule has 0 saturated heterocycles. The van der Waals surface area contributed by atoms with Crippen LogP contribution in [-0.4, -0.2) is 29.3 Å². The van der Waals surface area contributed by atoms with Crippen LogP contribution in [0.5, 0.6) is 0 Å². The van der Waals surface area contributed by atoms with Gasteiger partial charge in [0.25, 0.3) is 20.0 Å². The van der Waals surface area contributed by atoms with Gasteiger partial charge in [0.2, 0.25) is 5.91 Å². The van der Waals surface area contributed by atoms with Crippen molar-refractivity contribution in [1.82, 2.24) is 0 Å². The highest BCUT2D eigenvalue weighted by molar-refractivity contribution is 7.93. The maximum absolute atomic E-state index is 13.5. The van der Waals surface area contributed by atoms with E-state index < -0.39 is 32.5 Å². The van der Waals surface area contributed by atoms with E-state index in [1.807, 2.05) is 13.0 Å². The van der Waals surface area contributed by atoms with Crippen LogP contribution in [0.1, 0.15) is 5.56 Å². The Morgan fingerprint density at radius 3 is 1.93 bits per heavy atom. The van der Waals surface area contributed by atoms with Crippen molar-refractivity contribution in [2.75, 3.05) is 20.9 Å². The monoisotopic (exact) mass is 637 g/mol. The third kappa shape index (κ3) is 7.26. The van der Waals surface area contributed by atoms with Gasteiger partial charge < -0.3 is 5.32 Å². The van der Waals surface area contributed by atoms with Crippen LogP contribution < -0.4 is 14.3 Å². The molecule has 2 N–H and O–H groups in total. The molecule has 0 aliphatic heterocycles. The number of nitrogens with one attached hydrogen (secondary N) is 2. The standard InChI is InChI=1S/C27H22Cl3N3O5S2/c1-18-3-2-4-24(13-18)33(40(37,38)26-9-5-19(28)6-10-26)17-27(34)31-22-7-11-25(12-8-22)39(35,36)32-23-15-20(29)14-21(30)16-23/h2-16,32H,17H2,1H3,(H,31,34). The third-order valence-electron chi connectivity index (χ3n) is 5.54. The Bertz CT molecular complexity index is 1740.